The number of halogens is 1. The summed E-state index contributed by atoms with van der Waals surface area (Å²) in [7, 11) is 0. The molecule has 0 aliphatic carbocycles. The van der Waals surface area contributed by atoms with Crippen molar-refractivity contribution in [3.63, 3.8) is 0 Å². The third-order valence-electron chi connectivity index (χ3n) is 6.00. The molecule has 4 aliphatic heterocycles. The number of hydrogen-bond donors (Lipinski definition) is 1. The van der Waals surface area contributed by atoms with Gasteiger partial charge in [0.05, 0.1) is 11.7 Å². The van der Waals surface area contributed by atoms with Gasteiger partial charge in [-0.05, 0) is 66.6 Å². The first-order chi connectivity index (χ1) is 12.1. The number of imide groups is 1. The molecule has 25 heavy (non-hydrogen) atoms. The number of nitrogens with zero attached hydrogens (tertiary/aromatic N) is 2. The van der Waals surface area contributed by atoms with E-state index in [0.717, 1.165) is 41.4 Å². The number of benzene rings is 2. The van der Waals surface area contributed by atoms with Crippen LogP contribution < -0.4 is 5.73 Å². The maximum absolute atomic E-state index is 13.3. The number of hydrogen-bond acceptors (Lipinski definition) is 4. The number of nitrogens with two attached hydrogens (primary N) is 1. The van der Waals surface area contributed by atoms with E-state index in [9.17, 15) is 9.59 Å². The highest BCUT2D eigenvalue weighted by atomic mass is 127. The molecule has 2 N–H and O–H groups in total. The molecule has 5 nitrogen and oxygen atoms in total. The highest BCUT2D eigenvalue weighted by Gasteiger charge is 2.45. The Kier molecular flexibility index (Phi) is 3.37. The summed E-state index contributed by atoms with van der Waals surface area (Å²) in [5.74, 6) is 0.0966. The van der Waals surface area contributed by atoms with Crippen LogP contribution in [0.25, 0.3) is 10.8 Å². The lowest BCUT2D eigenvalue weighted by Crippen LogP contribution is -2.60. The number of anilines is 1. The van der Waals surface area contributed by atoms with Crippen LogP contribution in [0, 0.1) is 9.49 Å². The predicted molar refractivity (Wildman–Crippen MR) is 105 cm³/mol. The standard InChI is InChI=1S/C19H18IN3O2/c20-14-8-13-16-11(17(14)21)2-1-3-12(16)18(24)23(19(13)25)15-9-22-6-4-10(15)5-7-22/h1-3,8,10,15H,4-7,9,21H2/t15-/m0/s1. The van der Waals surface area contributed by atoms with Crippen LogP contribution in [0.15, 0.2) is 24.3 Å². The molecule has 6 heteroatoms. The van der Waals surface area contributed by atoms with Crippen LogP contribution >= 0.6 is 22.6 Å². The second-order valence-electron chi connectivity index (χ2n) is 7.23. The minimum atomic E-state index is -0.164. The summed E-state index contributed by atoms with van der Waals surface area (Å²) in [5, 5.41) is 1.52. The summed E-state index contributed by atoms with van der Waals surface area (Å²) in [6, 6.07) is 7.40. The molecule has 0 spiro atoms. The van der Waals surface area contributed by atoms with Crippen LogP contribution in [-0.4, -0.2) is 47.3 Å². The van der Waals surface area contributed by atoms with Crippen LogP contribution in [0.3, 0.4) is 0 Å². The molecule has 1 atom stereocenters. The minimum absolute atomic E-state index is 0.0129. The Morgan fingerprint density at radius 3 is 2.48 bits per heavy atom. The Morgan fingerprint density at radius 2 is 1.80 bits per heavy atom. The Morgan fingerprint density at radius 1 is 1.08 bits per heavy atom. The van der Waals surface area contributed by atoms with E-state index in [0.29, 0.717) is 28.1 Å². The monoisotopic (exact) mass is 447 g/mol. The SMILES string of the molecule is Nc1c(I)cc2c3c(cccc13)C(=O)N([C@H]1CN3CCC1CC3)C2=O. The molecule has 4 heterocycles. The highest BCUT2D eigenvalue weighted by molar-refractivity contribution is 14.1. The van der Waals surface area contributed by atoms with Crippen molar-refractivity contribution in [2.45, 2.75) is 18.9 Å². The van der Waals surface area contributed by atoms with Crippen LogP contribution in [-0.2, 0) is 0 Å². The normalized spacial score (nSPS) is 28.0. The number of carbonyl (C=O) groups is 2. The van der Waals surface area contributed by atoms with E-state index in [2.05, 4.69) is 27.5 Å². The first-order valence-electron chi connectivity index (χ1n) is 8.67. The zero-order valence-corrected chi connectivity index (χ0v) is 15.8. The van der Waals surface area contributed by atoms with E-state index in [4.69, 9.17) is 5.73 Å². The third-order valence-corrected chi connectivity index (χ3v) is 6.90. The molecule has 2 aromatic rings. The molecule has 2 aromatic carbocycles. The lowest BCUT2D eigenvalue weighted by atomic mass is 9.81. The van der Waals surface area contributed by atoms with Gasteiger partial charge in [0.2, 0.25) is 0 Å². The number of amides is 2. The van der Waals surface area contributed by atoms with Crippen molar-refractivity contribution in [1.82, 2.24) is 9.80 Å². The van der Waals surface area contributed by atoms with Crippen LogP contribution in [0.1, 0.15) is 33.6 Å². The van der Waals surface area contributed by atoms with Gasteiger partial charge in [0.25, 0.3) is 11.8 Å². The first kappa shape index (κ1) is 15.6. The van der Waals surface area contributed by atoms with Gasteiger partial charge >= 0.3 is 0 Å². The maximum atomic E-state index is 13.3. The van der Waals surface area contributed by atoms with Gasteiger partial charge in [-0.1, -0.05) is 12.1 Å². The van der Waals surface area contributed by atoms with Crippen molar-refractivity contribution in [3.05, 3.63) is 39.0 Å². The molecule has 6 rings (SSSR count). The van der Waals surface area contributed by atoms with Gasteiger partial charge < -0.3 is 10.6 Å². The van der Waals surface area contributed by atoms with Gasteiger partial charge in [-0.25, -0.2) is 0 Å². The molecule has 4 aliphatic rings. The van der Waals surface area contributed by atoms with E-state index >= 15 is 0 Å². The zero-order chi connectivity index (χ0) is 17.3. The van der Waals surface area contributed by atoms with Crippen molar-refractivity contribution in [2.24, 2.45) is 5.92 Å². The molecule has 0 radical (unpaired) electrons. The van der Waals surface area contributed by atoms with Crippen molar-refractivity contribution in [3.8, 4) is 0 Å². The molecule has 0 unspecified atom stereocenters. The average molecular weight is 447 g/mol. The predicted octanol–water partition coefficient (Wildman–Crippen LogP) is 2.72. The van der Waals surface area contributed by atoms with Gasteiger partial charge in [-0.15, -0.1) is 0 Å². The number of carbonyl (C=O) groups excluding carboxylic acids is 2. The summed E-state index contributed by atoms with van der Waals surface area (Å²) in [5.41, 5.74) is 8.05. The second kappa shape index (κ2) is 5.41. The molecule has 0 saturated carbocycles. The lowest BCUT2D eigenvalue weighted by Gasteiger charge is -2.49. The average Bonchev–Trinajstić information content (AvgIpc) is 2.64. The number of rotatable bonds is 1. The van der Waals surface area contributed by atoms with Crippen LogP contribution in [0.4, 0.5) is 5.69 Å². The van der Waals surface area contributed by atoms with Gasteiger partial charge in [0.15, 0.2) is 0 Å². The van der Waals surface area contributed by atoms with Crippen molar-refractivity contribution < 1.29 is 9.59 Å². The summed E-state index contributed by atoms with van der Waals surface area (Å²) < 4.78 is 0.855. The number of fused-ring (bicyclic) bond motifs is 3. The van der Waals surface area contributed by atoms with Crippen molar-refractivity contribution in [1.29, 1.82) is 0 Å². The fourth-order valence-corrected chi connectivity index (χ4v) is 5.30. The van der Waals surface area contributed by atoms with Crippen molar-refractivity contribution >= 4 is 50.9 Å². The van der Waals surface area contributed by atoms with E-state index < -0.39 is 0 Å². The van der Waals surface area contributed by atoms with Gasteiger partial charge in [0.1, 0.15) is 0 Å². The minimum Gasteiger partial charge on any atom is -0.397 e. The summed E-state index contributed by atoms with van der Waals surface area (Å²) in [4.78, 5) is 30.4. The van der Waals surface area contributed by atoms with E-state index in [1.165, 1.54) is 0 Å². The first-order valence-corrected chi connectivity index (χ1v) is 9.75. The Bertz CT molecular complexity index is 934. The molecule has 3 saturated heterocycles. The summed E-state index contributed by atoms with van der Waals surface area (Å²) in [6.45, 7) is 2.97. The number of nitrogen functional groups attached to an aromatic ring is 1. The van der Waals surface area contributed by atoms with E-state index in [1.54, 1.807) is 4.90 Å². The summed E-state index contributed by atoms with van der Waals surface area (Å²) in [6.07, 6.45) is 2.14. The Balaban J connectivity index is 1.70. The van der Waals surface area contributed by atoms with Crippen molar-refractivity contribution in [2.75, 3.05) is 25.4 Å². The third kappa shape index (κ3) is 2.10. The zero-order valence-electron chi connectivity index (χ0n) is 13.7. The van der Waals surface area contributed by atoms with Crippen LogP contribution in [0.2, 0.25) is 0 Å². The molecule has 3 fully saturated rings. The largest absolute Gasteiger partial charge is 0.397 e. The molecule has 2 bridgehead atoms. The molecular weight excluding hydrogens is 429 g/mol. The summed E-state index contributed by atoms with van der Waals surface area (Å²) >= 11 is 2.16. The van der Waals surface area contributed by atoms with Crippen LogP contribution in [0.5, 0.6) is 0 Å². The molecular formula is C19H18IN3O2. The lowest BCUT2D eigenvalue weighted by molar-refractivity contribution is 0.00881. The molecule has 2 amide bonds. The fraction of sp³-hybridized carbons (Fsp3) is 0.368. The fourth-order valence-electron chi connectivity index (χ4n) is 4.70. The second-order valence-corrected chi connectivity index (χ2v) is 8.40. The van der Waals surface area contributed by atoms with E-state index in [1.807, 2.05) is 24.3 Å². The smallest absolute Gasteiger partial charge is 0.261 e. The topological polar surface area (TPSA) is 66.6 Å². The van der Waals surface area contributed by atoms with Gasteiger partial charge in [-0.2, -0.15) is 0 Å². The van der Waals surface area contributed by atoms with Gasteiger partial charge in [0, 0.05) is 32.0 Å². The number of piperidine rings is 3. The quantitative estimate of drug-likeness (QED) is 0.415. The van der Waals surface area contributed by atoms with E-state index in [-0.39, 0.29) is 17.9 Å². The maximum Gasteiger partial charge on any atom is 0.261 e. The Labute approximate surface area is 159 Å². The highest BCUT2D eigenvalue weighted by Crippen LogP contribution is 2.39. The molecule has 128 valence electrons. The molecule has 0 aromatic heterocycles. The van der Waals surface area contributed by atoms with Gasteiger partial charge in [-0.3, -0.25) is 14.5 Å². The Hall–Kier alpha value is -1.67.